The van der Waals surface area contributed by atoms with Crippen LogP contribution in [-0.4, -0.2) is 30.3 Å². The molecular weight excluding hydrogens is 140 g/mol. The maximum atomic E-state index is 8.64. The molecule has 0 saturated heterocycles. The minimum atomic E-state index is -0.0874. The van der Waals surface area contributed by atoms with Gasteiger partial charge in [0.25, 0.3) is 0 Å². The zero-order valence-electron chi connectivity index (χ0n) is 6.92. The Kier molecular flexibility index (Phi) is 3.83. The normalized spacial score (nSPS) is 22.4. The second-order valence-corrected chi connectivity index (χ2v) is 3.33. The van der Waals surface area contributed by atoms with Crippen molar-refractivity contribution < 1.29 is 5.11 Å². The van der Waals surface area contributed by atoms with Gasteiger partial charge in [0, 0.05) is 18.6 Å². The average molecular weight is 158 g/mol. The summed E-state index contributed by atoms with van der Waals surface area (Å²) < 4.78 is 0. The van der Waals surface area contributed by atoms with Crippen molar-refractivity contribution in [3.05, 3.63) is 0 Å². The molecule has 0 aromatic rings. The molecule has 0 bridgehead atoms. The summed E-state index contributed by atoms with van der Waals surface area (Å²) in [5, 5.41) is 12.0. The van der Waals surface area contributed by atoms with E-state index < -0.39 is 0 Å². The van der Waals surface area contributed by atoms with Gasteiger partial charge in [-0.3, -0.25) is 0 Å². The number of hydrogen-bond acceptors (Lipinski definition) is 3. The number of hydrogen-bond donors (Lipinski definition) is 3. The van der Waals surface area contributed by atoms with E-state index in [1.165, 1.54) is 25.7 Å². The van der Waals surface area contributed by atoms with Gasteiger partial charge in [-0.25, -0.2) is 0 Å². The van der Waals surface area contributed by atoms with Crippen molar-refractivity contribution in [3.8, 4) is 0 Å². The van der Waals surface area contributed by atoms with E-state index in [-0.39, 0.29) is 12.6 Å². The monoisotopic (exact) mass is 158 g/mol. The van der Waals surface area contributed by atoms with E-state index in [1.54, 1.807) is 0 Å². The summed E-state index contributed by atoms with van der Waals surface area (Å²) in [6.45, 7) is 0.834. The first-order valence-electron chi connectivity index (χ1n) is 4.42. The maximum absolute atomic E-state index is 8.64. The minimum Gasteiger partial charge on any atom is -0.395 e. The lowest BCUT2D eigenvalue weighted by Gasteiger charge is -2.14. The van der Waals surface area contributed by atoms with Crippen molar-refractivity contribution in [3.63, 3.8) is 0 Å². The zero-order chi connectivity index (χ0) is 8.10. The molecule has 11 heavy (non-hydrogen) atoms. The van der Waals surface area contributed by atoms with Crippen molar-refractivity contribution in [1.82, 2.24) is 5.32 Å². The Morgan fingerprint density at radius 2 is 2.09 bits per heavy atom. The van der Waals surface area contributed by atoms with Gasteiger partial charge in [-0.2, -0.15) is 0 Å². The van der Waals surface area contributed by atoms with Crippen LogP contribution in [-0.2, 0) is 0 Å². The highest BCUT2D eigenvalue weighted by molar-refractivity contribution is 4.75. The molecule has 3 heteroatoms. The van der Waals surface area contributed by atoms with Crippen LogP contribution >= 0.6 is 0 Å². The van der Waals surface area contributed by atoms with Crippen LogP contribution in [0.1, 0.15) is 25.7 Å². The SMILES string of the molecule is NC(CO)CNC1CCCC1. The molecule has 0 amide bonds. The Hall–Kier alpha value is -0.120. The third-order valence-electron chi connectivity index (χ3n) is 2.26. The number of aliphatic hydroxyl groups excluding tert-OH is 1. The fourth-order valence-corrected chi connectivity index (χ4v) is 1.51. The van der Waals surface area contributed by atoms with E-state index in [0.29, 0.717) is 6.04 Å². The van der Waals surface area contributed by atoms with Crippen LogP contribution in [0.25, 0.3) is 0 Å². The molecule has 3 nitrogen and oxygen atoms in total. The molecule has 0 aromatic heterocycles. The van der Waals surface area contributed by atoms with E-state index in [9.17, 15) is 0 Å². The molecular formula is C8H18N2O. The first-order valence-corrected chi connectivity index (χ1v) is 4.42. The Morgan fingerprint density at radius 3 is 2.64 bits per heavy atom. The predicted molar refractivity (Wildman–Crippen MR) is 45.3 cm³/mol. The van der Waals surface area contributed by atoms with Crippen LogP contribution in [0, 0.1) is 0 Å². The standard InChI is InChI=1S/C8H18N2O/c9-7(6-11)5-10-8-3-1-2-4-8/h7-8,10-11H,1-6,9H2. The Balaban J connectivity index is 2.01. The molecule has 0 radical (unpaired) electrons. The lowest BCUT2D eigenvalue weighted by Crippen LogP contribution is -2.40. The molecule has 1 unspecified atom stereocenters. The fourth-order valence-electron chi connectivity index (χ4n) is 1.51. The Bertz CT molecular complexity index is 102. The maximum Gasteiger partial charge on any atom is 0.0594 e. The van der Waals surface area contributed by atoms with Gasteiger partial charge >= 0.3 is 0 Å². The van der Waals surface area contributed by atoms with Crippen LogP contribution in [0.15, 0.2) is 0 Å². The summed E-state index contributed by atoms with van der Waals surface area (Å²) in [6.07, 6.45) is 5.23. The van der Waals surface area contributed by atoms with Crippen LogP contribution in [0.3, 0.4) is 0 Å². The summed E-state index contributed by atoms with van der Waals surface area (Å²) in [7, 11) is 0. The van der Waals surface area contributed by atoms with E-state index in [1.807, 2.05) is 0 Å². The lowest BCUT2D eigenvalue weighted by atomic mass is 10.2. The van der Waals surface area contributed by atoms with Gasteiger partial charge in [0.2, 0.25) is 0 Å². The summed E-state index contributed by atoms with van der Waals surface area (Å²) in [5.41, 5.74) is 5.54. The fraction of sp³-hybridized carbons (Fsp3) is 1.00. The molecule has 1 aliphatic carbocycles. The minimum absolute atomic E-state index is 0.0831. The molecule has 4 N–H and O–H groups in total. The number of rotatable bonds is 4. The van der Waals surface area contributed by atoms with Crippen molar-refractivity contribution in [1.29, 1.82) is 0 Å². The van der Waals surface area contributed by atoms with E-state index in [4.69, 9.17) is 10.8 Å². The summed E-state index contributed by atoms with van der Waals surface area (Å²) in [6, 6.07) is 0.572. The number of aliphatic hydroxyl groups is 1. The topological polar surface area (TPSA) is 58.3 Å². The van der Waals surface area contributed by atoms with Crippen LogP contribution in [0.4, 0.5) is 0 Å². The number of nitrogens with two attached hydrogens (primary N) is 1. The van der Waals surface area contributed by atoms with Gasteiger partial charge in [-0.1, -0.05) is 12.8 Å². The summed E-state index contributed by atoms with van der Waals surface area (Å²) in [5.74, 6) is 0. The second-order valence-electron chi connectivity index (χ2n) is 3.33. The van der Waals surface area contributed by atoms with Gasteiger partial charge in [0.1, 0.15) is 0 Å². The van der Waals surface area contributed by atoms with Gasteiger partial charge < -0.3 is 16.2 Å². The first-order chi connectivity index (χ1) is 5.33. The molecule has 1 rings (SSSR count). The Labute approximate surface area is 68.0 Å². The summed E-state index contributed by atoms with van der Waals surface area (Å²) >= 11 is 0. The molecule has 0 spiro atoms. The van der Waals surface area contributed by atoms with Gasteiger partial charge in [0.15, 0.2) is 0 Å². The highest BCUT2D eigenvalue weighted by Crippen LogP contribution is 2.17. The van der Waals surface area contributed by atoms with Crippen molar-refractivity contribution in [2.45, 2.75) is 37.8 Å². The van der Waals surface area contributed by atoms with E-state index in [0.717, 1.165) is 6.54 Å². The van der Waals surface area contributed by atoms with Crippen molar-refractivity contribution in [2.24, 2.45) is 5.73 Å². The molecule has 0 aliphatic heterocycles. The molecule has 1 saturated carbocycles. The molecule has 0 heterocycles. The smallest absolute Gasteiger partial charge is 0.0594 e. The lowest BCUT2D eigenvalue weighted by molar-refractivity contribution is 0.259. The van der Waals surface area contributed by atoms with Crippen LogP contribution in [0.5, 0.6) is 0 Å². The van der Waals surface area contributed by atoms with Crippen LogP contribution in [0.2, 0.25) is 0 Å². The van der Waals surface area contributed by atoms with E-state index in [2.05, 4.69) is 5.32 Å². The zero-order valence-corrected chi connectivity index (χ0v) is 6.92. The molecule has 1 fully saturated rings. The molecule has 66 valence electrons. The van der Waals surface area contributed by atoms with Crippen LogP contribution < -0.4 is 11.1 Å². The van der Waals surface area contributed by atoms with Gasteiger partial charge in [-0.15, -0.1) is 0 Å². The third kappa shape index (κ3) is 3.18. The van der Waals surface area contributed by atoms with E-state index >= 15 is 0 Å². The Morgan fingerprint density at radius 1 is 1.45 bits per heavy atom. The average Bonchev–Trinajstić information content (AvgIpc) is 2.52. The van der Waals surface area contributed by atoms with Gasteiger partial charge in [-0.05, 0) is 12.8 Å². The van der Waals surface area contributed by atoms with Gasteiger partial charge in [0.05, 0.1) is 6.61 Å². The largest absolute Gasteiger partial charge is 0.395 e. The molecule has 1 aliphatic rings. The summed E-state index contributed by atoms with van der Waals surface area (Å²) in [4.78, 5) is 0. The first kappa shape index (κ1) is 8.97. The van der Waals surface area contributed by atoms with Crippen molar-refractivity contribution in [2.75, 3.05) is 13.2 Å². The molecule has 0 aromatic carbocycles. The predicted octanol–water partition coefficient (Wildman–Crippen LogP) is -0.162. The molecule has 1 atom stereocenters. The quantitative estimate of drug-likeness (QED) is 0.533. The second kappa shape index (κ2) is 4.70. The number of nitrogens with one attached hydrogen (secondary N) is 1. The van der Waals surface area contributed by atoms with Crippen molar-refractivity contribution >= 4 is 0 Å². The highest BCUT2D eigenvalue weighted by atomic mass is 16.3. The highest BCUT2D eigenvalue weighted by Gasteiger charge is 2.14. The third-order valence-corrected chi connectivity index (χ3v) is 2.26.